The van der Waals surface area contributed by atoms with E-state index in [1.54, 1.807) is 0 Å². The van der Waals surface area contributed by atoms with Crippen LogP contribution in [0.3, 0.4) is 0 Å². The Morgan fingerprint density at radius 2 is 0.648 bits per heavy atom. The van der Waals surface area contributed by atoms with Crippen LogP contribution in [-0.4, -0.2) is 186 Å². The maximum absolute atomic E-state index is 13.4. The molecule has 0 aromatic heterocycles. The first-order chi connectivity index (χ1) is 32.9. The lowest BCUT2D eigenvalue weighted by atomic mass is 10.1. The Morgan fingerprint density at radius 3 is 0.958 bits per heavy atom. The third kappa shape index (κ3) is 25.4. The van der Waals surface area contributed by atoms with E-state index >= 15 is 0 Å². The Bertz CT molecular complexity index is 2070. The molecule has 9 atom stereocenters. The van der Waals surface area contributed by atoms with Gasteiger partial charge in [0.15, 0.2) is 0 Å². The fraction of sp³-hybridized carbons (Fsp3) is 0.579. The summed E-state index contributed by atoms with van der Waals surface area (Å²) in [6.45, 7) is 2.08. The Labute approximate surface area is 400 Å². The average molecular weight is 1020 g/mol. The predicted molar refractivity (Wildman–Crippen MR) is 230 cm³/mol. The number of nitrogens with one attached hydrogen (secondary N) is 9. The molecule has 0 rings (SSSR count). The summed E-state index contributed by atoms with van der Waals surface area (Å²) in [6.07, 6.45) is -7.96. The van der Waals surface area contributed by atoms with Gasteiger partial charge in [-0.3, -0.25) is 76.7 Å². The predicted octanol–water partition coefficient (Wildman–Crippen LogP) is -8.69. The first-order valence-corrected chi connectivity index (χ1v) is 20.9. The number of carboxylic acid groups (broad SMARTS) is 5. The van der Waals surface area contributed by atoms with Gasteiger partial charge in [0.25, 0.3) is 0 Å². The lowest BCUT2D eigenvalue weighted by Crippen LogP contribution is -2.60. The lowest BCUT2D eigenvalue weighted by Gasteiger charge is -2.26. The monoisotopic (exact) mass is 1020 g/mol. The molecule has 0 aliphatic rings. The number of nitrogens with two attached hydrogens (primary N) is 2. The number of carbonyl (C=O) groups excluding carboxylic acids is 11. The highest BCUT2D eigenvalue weighted by molar-refractivity contribution is 6.00. The van der Waals surface area contributed by atoms with Crippen LogP contribution < -0.4 is 59.3 Å². The van der Waals surface area contributed by atoms with E-state index in [1.807, 2.05) is 26.6 Å². The molecule has 396 valence electrons. The van der Waals surface area contributed by atoms with Gasteiger partial charge in [-0.05, 0) is 33.1 Å². The van der Waals surface area contributed by atoms with Gasteiger partial charge in [0.1, 0.15) is 54.4 Å². The molecule has 0 aliphatic heterocycles. The standard InChI is InChI=1S/C38H57N11O22/c1-14(30(40)63)41-32(65)17(4-7-25(53)54)44-33(66)18(5-8-26(55)56)45-36(69)21(11-28(59)60)47-31(64)15(2)42-35(68)20(10-24(39)52)48-37(70)22(12-29(61)62)49-34(67)19(6-9-27(57)58)46-38(71)23(13-50)43-16(3)51/h14-15,17-23,50H,4-13H2,1-3H3,(H2,39,52)(H2,40,63)(H,41,65)(H,42,68)(H,43,51)(H,44,66)(H,45,69)(H,46,71)(H,47,64)(H,48,70)(H,49,67)(H,53,54)(H,55,56)(H,57,58)(H,59,60)(H,61,62)/t14-,15-,17-,18-,19-,20-,21-,22-,23-/m1/s1. The smallest absolute Gasteiger partial charge is 0.305 e. The number of hydrogen-bond donors (Lipinski definition) is 17. The summed E-state index contributed by atoms with van der Waals surface area (Å²) in [5.41, 5.74) is 10.3. The summed E-state index contributed by atoms with van der Waals surface area (Å²) < 4.78 is 0. The Hall–Kier alpha value is -8.52. The van der Waals surface area contributed by atoms with E-state index in [1.165, 1.54) is 0 Å². The highest BCUT2D eigenvalue weighted by Crippen LogP contribution is 2.08. The van der Waals surface area contributed by atoms with Crippen molar-refractivity contribution in [3.05, 3.63) is 0 Å². The van der Waals surface area contributed by atoms with Gasteiger partial charge >= 0.3 is 29.8 Å². The van der Waals surface area contributed by atoms with Crippen molar-refractivity contribution in [2.45, 2.75) is 133 Å². The number of amides is 11. The number of primary amides is 2. The third-order valence-corrected chi connectivity index (χ3v) is 9.32. The van der Waals surface area contributed by atoms with Gasteiger partial charge in [0.2, 0.25) is 65.0 Å². The second-order valence-electron chi connectivity index (χ2n) is 15.3. The van der Waals surface area contributed by atoms with Crippen LogP contribution in [0.5, 0.6) is 0 Å². The summed E-state index contributed by atoms with van der Waals surface area (Å²) in [5.74, 6) is -21.8. The summed E-state index contributed by atoms with van der Waals surface area (Å²) in [5, 5.41) is 74.3. The van der Waals surface area contributed by atoms with Crippen LogP contribution in [0.1, 0.15) is 78.6 Å². The van der Waals surface area contributed by atoms with Crippen LogP contribution in [0.25, 0.3) is 0 Å². The normalized spacial score (nSPS) is 14.4. The minimum atomic E-state index is -2.16. The van der Waals surface area contributed by atoms with E-state index in [2.05, 4.69) is 21.3 Å². The van der Waals surface area contributed by atoms with Crippen molar-refractivity contribution in [2.24, 2.45) is 11.5 Å². The van der Waals surface area contributed by atoms with Gasteiger partial charge in [-0.1, -0.05) is 0 Å². The number of aliphatic hydroxyl groups excluding tert-OH is 1. The summed E-state index contributed by atoms with van der Waals surface area (Å²) >= 11 is 0. The van der Waals surface area contributed by atoms with Gasteiger partial charge in [0, 0.05) is 26.2 Å². The molecule has 33 heteroatoms. The van der Waals surface area contributed by atoms with Crippen molar-refractivity contribution in [3.63, 3.8) is 0 Å². The van der Waals surface area contributed by atoms with Gasteiger partial charge in [-0.15, -0.1) is 0 Å². The molecule has 0 aliphatic carbocycles. The molecular formula is C38H57N11O22. The van der Waals surface area contributed by atoms with Crippen molar-refractivity contribution >= 4 is 94.8 Å². The maximum atomic E-state index is 13.4. The number of aliphatic carboxylic acids is 5. The Kier molecular flexibility index (Phi) is 27.1. The van der Waals surface area contributed by atoms with Crippen LogP contribution >= 0.6 is 0 Å². The second-order valence-corrected chi connectivity index (χ2v) is 15.3. The van der Waals surface area contributed by atoms with Crippen molar-refractivity contribution in [2.75, 3.05) is 6.61 Å². The molecule has 0 aromatic rings. The number of aliphatic hydroxyl groups is 1. The molecule has 0 bridgehead atoms. The number of carboxylic acids is 5. The molecular weight excluding hydrogens is 962 g/mol. The molecule has 71 heavy (non-hydrogen) atoms. The van der Waals surface area contributed by atoms with Crippen molar-refractivity contribution in [1.82, 2.24) is 47.9 Å². The zero-order chi connectivity index (χ0) is 54.9. The first-order valence-electron chi connectivity index (χ1n) is 20.9. The zero-order valence-electron chi connectivity index (χ0n) is 38.1. The van der Waals surface area contributed by atoms with E-state index < -0.39 is 214 Å². The molecule has 0 saturated heterocycles. The maximum Gasteiger partial charge on any atom is 0.305 e. The topological polar surface area (TPSA) is 555 Å². The van der Waals surface area contributed by atoms with Crippen LogP contribution in [0, 0.1) is 0 Å². The summed E-state index contributed by atoms with van der Waals surface area (Å²) in [7, 11) is 0. The largest absolute Gasteiger partial charge is 0.481 e. The molecule has 0 radical (unpaired) electrons. The number of carbonyl (C=O) groups is 16. The van der Waals surface area contributed by atoms with E-state index in [4.69, 9.17) is 21.7 Å². The summed E-state index contributed by atoms with van der Waals surface area (Å²) in [6, 6.07) is -16.7. The van der Waals surface area contributed by atoms with Crippen LogP contribution in [0.2, 0.25) is 0 Å². The minimum absolute atomic E-state index is 0.601. The molecule has 0 spiro atoms. The quantitative estimate of drug-likeness (QED) is 0.0285. The van der Waals surface area contributed by atoms with Gasteiger partial charge < -0.3 is 90.0 Å². The molecule has 0 unspecified atom stereocenters. The highest BCUT2D eigenvalue weighted by atomic mass is 16.4. The molecule has 19 N–H and O–H groups in total. The fourth-order valence-electron chi connectivity index (χ4n) is 5.65. The molecule has 0 heterocycles. The van der Waals surface area contributed by atoms with E-state index in [0.717, 1.165) is 20.8 Å². The van der Waals surface area contributed by atoms with E-state index in [0.29, 0.717) is 0 Å². The van der Waals surface area contributed by atoms with Crippen LogP contribution in [0.4, 0.5) is 0 Å². The van der Waals surface area contributed by atoms with Crippen LogP contribution in [0.15, 0.2) is 0 Å². The van der Waals surface area contributed by atoms with Gasteiger partial charge in [-0.2, -0.15) is 0 Å². The van der Waals surface area contributed by atoms with Crippen LogP contribution in [-0.2, 0) is 76.7 Å². The molecule has 0 saturated carbocycles. The van der Waals surface area contributed by atoms with Gasteiger partial charge in [-0.25, -0.2) is 0 Å². The zero-order valence-corrected chi connectivity index (χ0v) is 38.1. The fourth-order valence-corrected chi connectivity index (χ4v) is 5.65. The van der Waals surface area contributed by atoms with Gasteiger partial charge in [0.05, 0.1) is 25.9 Å². The summed E-state index contributed by atoms with van der Waals surface area (Å²) in [4.78, 5) is 198. The lowest BCUT2D eigenvalue weighted by molar-refractivity contribution is -0.143. The molecule has 33 nitrogen and oxygen atoms in total. The highest BCUT2D eigenvalue weighted by Gasteiger charge is 2.36. The molecule has 0 fully saturated rings. The third-order valence-electron chi connectivity index (χ3n) is 9.32. The first kappa shape index (κ1) is 62.5. The average Bonchev–Trinajstić information content (AvgIpc) is 3.24. The Balaban J connectivity index is 6.46. The SMILES string of the molecule is CC(=O)N[C@H](CO)C(=O)N[C@H](CCC(=O)O)C(=O)N[C@H](CC(=O)O)C(=O)N[C@H](CC(N)=O)C(=O)N[C@H](C)C(=O)N[C@H](CC(=O)O)C(=O)N[C@H](CCC(=O)O)C(=O)N[C@H](CCC(=O)O)C(=O)N[C@H](C)C(N)=O. The number of hydrogen-bond acceptors (Lipinski definition) is 17. The Morgan fingerprint density at radius 1 is 0.366 bits per heavy atom. The number of rotatable bonds is 34. The van der Waals surface area contributed by atoms with E-state index in [9.17, 15) is 97.1 Å². The van der Waals surface area contributed by atoms with E-state index in [-0.39, 0.29) is 0 Å². The van der Waals surface area contributed by atoms with Crippen molar-refractivity contribution in [3.8, 4) is 0 Å². The van der Waals surface area contributed by atoms with Crippen molar-refractivity contribution < 1.29 is 107 Å². The van der Waals surface area contributed by atoms with Crippen molar-refractivity contribution in [1.29, 1.82) is 0 Å². The molecule has 0 aromatic carbocycles. The second kappa shape index (κ2) is 30.8. The molecule has 11 amide bonds. The minimum Gasteiger partial charge on any atom is -0.481 e.